The zero-order valence-corrected chi connectivity index (χ0v) is 14.0. The van der Waals surface area contributed by atoms with Crippen molar-refractivity contribution >= 4 is 23.7 Å². The second-order valence-electron chi connectivity index (χ2n) is 5.51. The Hall–Kier alpha value is -3.36. The molecule has 0 aliphatic rings. The zero-order chi connectivity index (χ0) is 19.9. The molecule has 0 unspecified atom stereocenters. The highest BCUT2D eigenvalue weighted by atomic mass is 19.4. The van der Waals surface area contributed by atoms with Gasteiger partial charge in [-0.15, -0.1) is 0 Å². The van der Waals surface area contributed by atoms with Crippen molar-refractivity contribution in [2.45, 2.75) is 19.0 Å². The van der Waals surface area contributed by atoms with Crippen LogP contribution in [-0.4, -0.2) is 23.1 Å². The lowest BCUT2D eigenvalue weighted by Gasteiger charge is -2.09. The summed E-state index contributed by atoms with van der Waals surface area (Å²) in [6.07, 6.45) is -3.54. The van der Waals surface area contributed by atoms with E-state index in [1.54, 1.807) is 12.1 Å². The summed E-state index contributed by atoms with van der Waals surface area (Å²) in [6.45, 7) is 0. The number of nitrogens with one attached hydrogen (secondary N) is 2. The number of carbonyl (C=O) groups is 2. The number of alkyl halides is 3. The maximum absolute atomic E-state index is 12.6. The van der Waals surface area contributed by atoms with Crippen molar-refractivity contribution in [2.24, 2.45) is 5.10 Å². The summed E-state index contributed by atoms with van der Waals surface area (Å²) in [5, 5.41) is 15.2. The topological polar surface area (TPSA) is 90.8 Å². The number of benzene rings is 2. The van der Waals surface area contributed by atoms with E-state index in [0.29, 0.717) is 5.56 Å². The van der Waals surface area contributed by atoms with Crippen molar-refractivity contribution in [2.75, 3.05) is 5.32 Å². The summed E-state index contributed by atoms with van der Waals surface area (Å²) in [5.41, 5.74) is 2.01. The Bertz CT molecular complexity index is 834. The van der Waals surface area contributed by atoms with Crippen LogP contribution in [0, 0.1) is 0 Å². The molecule has 6 nitrogen and oxygen atoms in total. The Balaban J connectivity index is 1.78. The van der Waals surface area contributed by atoms with E-state index in [0.717, 1.165) is 12.1 Å². The van der Waals surface area contributed by atoms with E-state index < -0.39 is 23.6 Å². The number of phenolic OH excluding ortho intramolecular Hbond substituents is 1. The van der Waals surface area contributed by atoms with Crippen molar-refractivity contribution in [3.63, 3.8) is 0 Å². The van der Waals surface area contributed by atoms with Crippen LogP contribution in [0.25, 0.3) is 0 Å². The summed E-state index contributed by atoms with van der Waals surface area (Å²) in [6, 6.07) is 10.3. The number of aromatic hydroxyl groups is 1. The number of hydrazone groups is 1. The largest absolute Gasteiger partial charge is 0.508 e. The van der Waals surface area contributed by atoms with Gasteiger partial charge in [0.25, 0.3) is 0 Å². The molecule has 2 aromatic carbocycles. The van der Waals surface area contributed by atoms with Crippen LogP contribution in [0.1, 0.15) is 24.0 Å². The highest BCUT2D eigenvalue weighted by Crippen LogP contribution is 2.30. The van der Waals surface area contributed by atoms with E-state index in [4.69, 9.17) is 5.11 Å². The summed E-state index contributed by atoms with van der Waals surface area (Å²) in [5.74, 6) is -1.01. The van der Waals surface area contributed by atoms with Gasteiger partial charge in [-0.25, -0.2) is 5.43 Å². The summed E-state index contributed by atoms with van der Waals surface area (Å²) < 4.78 is 37.9. The number of amides is 2. The Kier molecular flexibility index (Phi) is 6.53. The molecule has 0 aromatic heterocycles. The van der Waals surface area contributed by atoms with Gasteiger partial charge in [-0.05, 0) is 48.0 Å². The first-order valence-corrected chi connectivity index (χ1v) is 7.82. The first-order chi connectivity index (χ1) is 12.7. The third-order valence-corrected chi connectivity index (χ3v) is 3.35. The van der Waals surface area contributed by atoms with E-state index in [9.17, 15) is 22.8 Å². The molecule has 2 amide bonds. The monoisotopic (exact) mass is 379 g/mol. The fraction of sp³-hybridized carbons (Fsp3) is 0.167. The van der Waals surface area contributed by atoms with Crippen LogP contribution in [-0.2, 0) is 15.8 Å². The predicted molar refractivity (Wildman–Crippen MR) is 93.2 cm³/mol. The molecule has 2 rings (SSSR count). The van der Waals surface area contributed by atoms with Gasteiger partial charge in [-0.1, -0.05) is 6.07 Å². The lowest BCUT2D eigenvalue weighted by molar-refractivity contribution is -0.137. The number of nitrogens with zero attached hydrogens (tertiary/aromatic N) is 1. The van der Waals surface area contributed by atoms with E-state index in [1.165, 1.54) is 30.5 Å². The first-order valence-electron chi connectivity index (χ1n) is 7.82. The van der Waals surface area contributed by atoms with Gasteiger partial charge in [0.1, 0.15) is 5.75 Å². The molecule has 142 valence electrons. The minimum atomic E-state index is -4.50. The molecule has 0 saturated heterocycles. The molecule has 0 saturated carbocycles. The average Bonchev–Trinajstić information content (AvgIpc) is 2.61. The highest BCUT2D eigenvalue weighted by Gasteiger charge is 2.30. The second kappa shape index (κ2) is 8.84. The fourth-order valence-corrected chi connectivity index (χ4v) is 2.02. The van der Waals surface area contributed by atoms with Gasteiger partial charge in [0.2, 0.25) is 11.8 Å². The molecule has 3 N–H and O–H groups in total. The molecular formula is C18H16F3N3O3. The van der Waals surface area contributed by atoms with Gasteiger partial charge in [-0.3, -0.25) is 9.59 Å². The van der Waals surface area contributed by atoms with Gasteiger partial charge in [0, 0.05) is 18.5 Å². The Morgan fingerprint density at radius 3 is 2.37 bits per heavy atom. The number of hydrogen-bond acceptors (Lipinski definition) is 4. The number of phenols is 1. The van der Waals surface area contributed by atoms with Crippen LogP contribution >= 0.6 is 0 Å². The van der Waals surface area contributed by atoms with Crippen molar-refractivity contribution in [3.05, 3.63) is 59.7 Å². The third kappa shape index (κ3) is 6.81. The standard InChI is InChI=1S/C18H16F3N3O3/c19-18(20,21)13-2-1-3-14(10-13)23-16(26)8-9-17(27)24-22-11-12-4-6-15(25)7-5-12/h1-7,10-11,25H,8-9H2,(H,23,26)(H,24,27). The van der Waals surface area contributed by atoms with Crippen molar-refractivity contribution in [1.82, 2.24) is 5.43 Å². The first kappa shape index (κ1) is 20.0. The lowest BCUT2D eigenvalue weighted by Crippen LogP contribution is -2.20. The number of halogens is 3. The Morgan fingerprint density at radius 2 is 1.70 bits per heavy atom. The average molecular weight is 379 g/mol. The minimum absolute atomic E-state index is 0.000541. The normalized spacial score (nSPS) is 11.4. The quantitative estimate of drug-likeness (QED) is 0.531. The molecule has 9 heteroatoms. The lowest BCUT2D eigenvalue weighted by atomic mass is 10.2. The molecule has 27 heavy (non-hydrogen) atoms. The SMILES string of the molecule is O=C(CCC(=O)Nc1cccc(C(F)(F)F)c1)NN=Cc1ccc(O)cc1. The zero-order valence-electron chi connectivity index (χ0n) is 14.0. The molecule has 0 radical (unpaired) electrons. The van der Waals surface area contributed by atoms with Gasteiger partial charge in [0.05, 0.1) is 11.8 Å². The second-order valence-corrected chi connectivity index (χ2v) is 5.51. The molecule has 0 heterocycles. The molecule has 2 aromatic rings. The van der Waals surface area contributed by atoms with Crippen LogP contribution in [0.4, 0.5) is 18.9 Å². The molecule has 0 atom stereocenters. The number of anilines is 1. The number of rotatable bonds is 6. The number of carbonyl (C=O) groups excluding carboxylic acids is 2. The smallest absolute Gasteiger partial charge is 0.416 e. The summed E-state index contributed by atoms with van der Waals surface area (Å²) in [7, 11) is 0. The minimum Gasteiger partial charge on any atom is -0.508 e. The highest BCUT2D eigenvalue weighted by molar-refractivity contribution is 5.93. The van der Waals surface area contributed by atoms with Crippen molar-refractivity contribution < 1.29 is 27.9 Å². The van der Waals surface area contributed by atoms with E-state index >= 15 is 0 Å². The molecule has 0 aliphatic heterocycles. The molecule has 0 fully saturated rings. The maximum Gasteiger partial charge on any atom is 0.416 e. The third-order valence-electron chi connectivity index (χ3n) is 3.35. The molecule has 0 bridgehead atoms. The van der Waals surface area contributed by atoms with Crippen LogP contribution in [0.2, 0.25) is 0 Å². The molecule has 0 aliphatic carbocycles. The van der Waals surface area contributed by atoms with Gasteiger partial charge in [0.15, 0.2) is 0 Å². The maximum atomic E-state index is 12.6. The van der Waals surface area contributed by atoms with Crippen LogP contribution in [0.5, 0.6) is 5.75 Å². The molecular weight excluding hydrogens is 363 g/mol. The van der Waals surface area contributed by atoms with Crippen LogP contribution < -0.4 is 10.7 Å². The van der Waals surface area contributed by atoms with Crippen LogP contribution in [0.15, 0.2) is 53.6 Å². The van der Waals surface area contributed by atoms with Gasteiger partial charge < -0.3 is 10.4 Å². The van der Waals surface area contributed by atoms with Gasteiger partial charge >= 0.3 is 6.18 Å². The fourth-order valence-electron chi connectivity index (χ4n) is 2.02. The van der Waals surface area contributed by atoms with E-state index in [1.807, 2.05) is 0 Å². The van der Waals surface area contributed by atoms with E-state index in [2.05, 4.69) is 15.8 Å². The van der Waals surface area contributed by atoms with Gasteiger partial charge in [-0.2, -0.15) is 18.3 Å². The summed E-state index contributed by atoms with van der Waals surface area (Å²) in [4.78, 5) is 23.4. The number of hydrogen-bond donors (Lipinski definition) is 3. The Labute approximate surface area is 152 Å². The Morgan fingerprint density at radius 1 is 1.04 bits per heavy atom. The van der Waals surface area contributed by atoms with E-state index in [-0.39, 0.29) is 24.3 Å². The predicted octanol–water partition coefficient (Wildman–Crippen LogP) is 3.28. The van der Waals surface area contributed by atoms with Crippen molar-refractivity contribution in [3.8, 4) is 5.75 Å². The summed E-state index contributed by atoms with van der Waals surface area (Å²) >= 11 is 0. The van der Waals surface area contributed by atoms with Crippen LogP contribution in [0.3, 0.4) is 0 Å². The molecule has 0 spiro atoms. The van der Waals surface area contributed by atoms with Crippen molar-refractivity contribution in [1.29, 1.82) is 0 Å².